The van der Waals surface area contributed by atoms with Gasteiger partial charge < -0.3 is 19.6 Å². The minimum atomic E-state index is -0.953. The number of aliphatic carboxylic acids is 1. The Morgan fingerprint density at radius 3 is 2.20 bits per heavy atom. The van der Waals surface area contributed by atoms with Crippen LogP contribution in [-0.2, 0) is 14.3 Å². The second-order valence-corrected chi connectivity index (χ2v) is 4.56. The van der Waals surface area contributed by atoms with Crippen LogP contribution in [-0.4, -0.2) is 66.2 Å². The van der Waals surface area contributed by atoms with E-state index in [0.29, 0.717) is 19.5 Å². The number of carboxylic acid groups (broad SMARTS) is 1. The van der Waals surface area contributed by atoms with Gasteiger partial charge >= 0.3 is 18.0 Å². The molecule has 0 aliphatic heterocycles. The molecule has 0 aromatic rings. The summed E-state index contributed by atoms with van der Waals surface area (Å²) in [7, 11) is 1.26. The van der Waals surface area contributed by atoms with E-state index >= 15 is 0 Å². The van der Waals surface area contributed by atoms with Gasteiger partial charge in [-0.05, 0) is 13.3 Å². The average Bonchev–Trinajstić information content (AvgIpc) is 2.42. The van der Waals surface area contributed by atoms with Crippen molar-refractivity contribution in [1.82, 2.24) is 9.80 Å². The van der Waals surface area contributed by atoms with Gasteiger partial charge in [0, 0.05) is 19.6 Å². The number of urea groups is 1. The van der Waals surface area contributed by atoms with Crippen molar-refractivity contribution in [1.29, 1.82) is 0 Å². The van der Waals surface area contributed by atoms with Crippen LogP contribution in [0.3, 0.4) is 0 Å². The Labute approximate surface area is 119 Å². The Morgan fingerprint density at radius 1 is 1.20 bits per heavy atom. The summed E-state index contributed by atoms with van der Waals surface area (Å²) in [6.07, 6.45) is 0.703. The molecule has 0 saturated carbocycles. The number of carboxylic acids is 1. The Morgan fingerprint density at radius 2 is 1.80 bits per heavy atom. The lowest BCUT2D eigenvalue weighted by Crippen LogP contribution is -2.47. The van der Waals surface area contributed by atoms with Gasteiger partial charge in [-0.2, -0.15) is 0 Å². The van der Waals surface area contributed by atoms with Crippen molar-refractivity contribution in [2.24, 2.45) is 5.92 Å². The zero-order valence-electron chi connectivity index (χ0n) is 12.6. The first-order valence-corrected chi connectivity index (χ1v) is 6.70. The molecule has 20 heavy (non-hydrogen) atoms. The van der Waals surface area contributed by atoms with Crippen LogP contribution in [0.1, 0.15) is 27.2 Å². The quantitative estimate of drug-likeness (QED) is 0.674. The van der Waals surface area contributed by atoms with Crippen molar-refractivity contribution in [3.8, 4) is 0 Å². The van der Waals surface area contributed by atoms with Crippen LogP contribution in [0.4, 0.5) is 4.79 Å². The molecular formula is C13H24N2O5. The van der Waals surface area contributed by atoms with E-state index in [0.717, 1.165) is 0 Å². The molecule has 7 heteroatoms. The summed E-state index contributed by atoms with van der Waals surface area (Å²) in [6, 6.07) is -0.340. The van der Waals surface area contributed by atoms with Crippen LogP contribution in [0.25, 0.3) is 0 Å². The van der Waals surface area contributed by atoms with Crippen molar-refractivity contribution in [3.05, 3.63) is 0 Å². The summed E-state index contributed by atoms with van der Waals surface area (Å²) in [5.74, 6) is -2.10. The molecule has 0 saturated heterocycles. The topological polar surface area (TPSA) is 87.2 Å². The third-order valence-corrected chi connectivity index (χ3v) is 2.88. The molecule has 0 radical (unpaired) electrons. The Balaban J connectivity index is 4.81. The highest BCUT2D eigenvalue weighted by Crippen LogP contribution is 2.06. The van der Waals surface area contributed by atoms with Crippen molar-refractivity contribution in [3.63, 3.8) is 0 Å². The van der Waals surface area contributed by atoms with Crippen LogP contribution in [0, 0.1) is 5.92 Å². The Hall–Kier alpha value is -1.79. The molecule has 0 spiro atoms. The maximum atomic E-state index is 12.3. The molecule has 2 amide bonds. The highest BCUT2D eigenvalue weighted by Gasteiger charge is 2.24. The third kappa shape index (κ3) is 5.90. The number of amides is 2. The van der Waals surface area contributed by atoms with Crippen LogP contribution in [0.5, 0.6) is 0 Å². The number of nitrogens with zero attached hydrogens (tertiary/aromatic N) is 2. The number of esters is 1. The van der Waals surface area contributed by atoms with Crippen molar-refractivity contribution >= 4 is 18.0 Å². The molecule has 0 bridgehead atoms. The fourth-order valence-electron chi connectivity index (χ4n) is 1.68. The highest BCUT2D eigenvalue weighted by molar-refractivity contribution is 5.81. The van der Waals surface area contributed by atoms with Gasteiger partial charge in [-0.1, -0.05) is 13.8 Å². The average molecular weight is 288 g/mol. The summed E-state index contributed by atoms with van der Waals surface area (Å²) in [5.41, 5.74) is 0. The van der Waals surface area contributed by atoms with Crippen LogP contribution < -0.4 is 0 Å². The SMILES string of the molecule is CCCN(CC(=O)OC)C(=O)N(CC)CC(C)C(=O)O. The lowest BCUT2D eigenvalue weighted by Gasteiger charge is -2.30. The number of carbonyl (C=O) groups excluding carboxylic acids is 2. The fraction of sp³-hybridized carbons (Fsp3) is 0.769. The minimum Gasteiger partial charge on any atom is -0.481 e. The lowest BCUT2D eigenvalue weighted by molar-refractivity contribution is -0.143. The zero-order valence-corrected chi connectivity index (χ0v) is 12.6. The molecule has 0 aromatic heterocycles. The second kappa shape index (κ2) is 9.17. The molecule has 1 N–H and O–H groups in total. The van der Waals surface area contributed by atoms with E-state index in [4.69, 9.17) is 5.11 Å². The van der Waals surface area contributed by atoms with E-state index in [9.17, 15) is 14.4 Å². The second-order valence-electron chi connectivity index (χ2n) is 4.56. The number of rotatable bonds is 8. The van der Waals surface area contributed by atoms with Gasteiger partial charge in [0.15, 0.2) is 0 Å². The summed E-state index contributed by atoms with van der Waals surface area (Å²) < 4.78 is 4.56. The molecule has 0 aliphatic rings. The summed E-state index contributed by atoms with van der Waals surface area (Å²) in [5, 5.41) is 8.91. The number of methoxy groups -OCH3 is 1. The standard InChI is InChI=1S/C13H24N2O5/c1-5-7-15(9-11(16)20-4)13(19)14(6-2)8-10(3)12(17)18/h10H,5-9H2,1-4H3,(H,17,18). The molecule has 1 unspecified atom stereocenters. The summed E-state index contributed by atoms with van der Waals surface area (Å²) in [6.45, 7) is 6.02. The molecule has 0 aliphatic carbocycles. The first kappa shape index (κ1) is 18.2. The largest absolute Gasteiger partial charge is 0.481 e. The Kier molecular flexibility index (Phi) is 8.35. The van der Waals surface area contributed by atoms with E-state index < -0.39 is 17.9 Å². The number of ether oxygens (including phenoxy) is 1. The Bertz CT molecular complexity index is 346. The molecule has 1 atom stereocenters. The molecule has 0 heterocycles. The van der Waals surface area contributed by atoms with Crippen molar-refractivity contribution in [2.75, 3.05) is 33.3 Å². The molecule has 0 rings (SSSR count). The number of hydrogen-bond acceptors (Lipinski definition) is 4. The normalized spacial score (nSPS) is 11.6. The van der Waals surface area contributed by atoms with Crippen LogP contribution in [0.15, 0.2) is 0 Å². The van der Waals surface area contributed by atoms with E-state index in [-0.39, 0.29) is 19.1 Å². The van der Waals surface area contributed by atoms with Crippen LogP contribution >= 0.6 is 0 Å². The maximum Gasteiger partial charge on any atom is 0.325 e. The molecule has 116 valence electrons. The molecular weight excluding hydrogens is 264 g/mol. The molecule has 0 fully saturated rings. The van der Waals surface area contributed by atoms with Crippen molar-refractivity contribution in [2.45, 2.75) is 27.2 Å². The highest BCUT2D eigenvalue weighted by atomic mass is 16.5. The van der Waals surface area contributed by atoms with E-state index in [2.05, 4.69) is 4.74 Å². The number of hydrogen-bond donors (Lipinski definition) is 1. The van der Waals surface area contributed by atoms with E-state index in [1.54, 1.807) is 13.8 Å². The fourth-order valence-corrected chi connectivity index (χ4v) is 1.68. The first-order chi connectivity index (χ1) is 9.37. The van der Waals surface area contributed by atoms with Gasteiger partial charge in [-0.3, -0.25) is 9.59 Å². The first-order valence-electron chi connectivity index (χ1n) is 6.70. The van der Waals surface area contributed by atoms with Gasteiger partial charge in [0.25, 0.3) is 0 Å². The maximum absolute atomic E-state index is 12.3. The van der Waals surface area contributed by atoms with Gasteiger partial charge in [0.1, 0.15) is 6.54 Å². The van der Waals surface area contributed by atoms with E-state index in [1.165, 1.54) is 16.9 Å². The minimum absolute atomic E-state index is 0.117. The predicted molar refractivity (Wildman–Crippen MR) is 73.3 cm³/mol. The lowest BCUT2D eigenvalue weighted by atomic mass is 10.2. The van der Waals surface area contributed by atoms with Gasteiger partial charge in [-0.25, -0.2) is 4.79 Å². The smallest absolute Gasteiger partial charge is 0.325 e. The van der Waals surface area contributed by atoms with Crippen LogP contribution in [0.2, 0.25) is 0 Å². The third-order valence-electron chi connectivity index (χ3n) is 2.88. The van der Waals surface area contributed by atoms with Crippen molar-refractivity contribution < 1.29 is 24.2 Å². The van der Waals surface area contributed by atoms with Gasteiger partial charge in [-0.15, -0.1) is 0 Å². The van der Waals surface area contributed by atoms with E-state index in [1.807, 2.05) is 6.92 Å². The van der Waals surface area contributed by atoms with Gasteiger partial charge in [0.2, 0.25) is 0 Å². The zero-order chi connectivity index (χ0) is 15.7. The molecule has 7 nitrogen and oxygen atoms in total. The summed E-state index contributed by atoms with van der Waals surface area (Å²) in [4.78, 5) is 37.3. The summed E-state index contributed by atoms with van der Waals surface area (Å²) >= 11 is 0. The van der Waals surface area contributed by atoms with Gasteiger partial charge in [0.05, 0.1) is 13.0 Å². The predicted octanol–water partition coefficient (Wildman–Crippen LogP) is 1.03. The molecule has 0 aromatic carbocycles. The number of carbonyl (C=O) groups is 3. The monoisotopic (exact) mass is 288 g/mol.